The first-order valence-electron chi connectivity index (χ1n) is 11.4. The molecule has 1 fully saturated rings. The summed E-state index contributed by atoms with van der Waals surface area (Å²) in [7, 11) is 1.00. The van der Waals surface area contributed by atoms with E-state index in [1.165, 1.54) is 27.8 Å². The lowest BCUT2D eigenvalue weighted by Gasteiger charge is -2.29. The lowest BCUT2D eigenvalue weighted by atomic mass is 9.98. The average molecular weight is 538 g/mol. The normalized spacial score (nSPS) is 15.9. The first kappa shape index (κ1) is 26.3. The number of hydrogen-bond acceptors (Lipinski definition) is 7. The van der Waals surface area contributed by atoms with E-state index in [9.17, 15) is 17.6 Å². The molecule has 0 aliphatic carbocycles. The highest BCUT2D eigenvalue weighted by Gasteiger charge is 2.32. The number of methoxy groups -OCH3 is 3. The molecule has 2 heterocycles. The molecule has 1 saturated heterocycles. The molecule has 0 radical (unpaired) electrons. The van der Waals surface area contributed by atoms with Crippen molar-refractivity contribution < 1.29 is 31.8 Å². The van der Waals surface area contributed by atoms with Crippen LogP contribution in [0.3, 0.4) is 0 Å². The van der Waals surface area contributed by atoms with E-state index in [0.717, 1.165) is 22.3 Å². The number of carbonyl (C=O) groups is 1. The molecule has 0 spiro atoms. The highest BCUT2D eigenvalue weighted by Crippen LogP contribution is 2.35. The summed E-state index contributed by atoms with van der Waals surface area (Å²) in [4.78, 5) is 18.1. The second-order valence-electron chi connectivity index (χ2n) is 8.26. The van der Waals surface area contributed by atoms with Gasteiger partial charge < -0.3 is 18.8 Å². The Balaban J connectivity index is 1.59. The van der Waals surface area contributed by atoms with Gasteiger partial charge in [0.25, 0.3) is 5.91 Å². The van der Waals surface area contributed by atoms with E-state index in [1.807, 2.05) is 4.57 Å². The molecule has 0 bridgehead atoms. The number of aromatic nitrogens is 1. The summed E-state index contributed by atoms with van der Waals surface area (Å²) in [5.74, 6) is 0.0691. The fraction of sp³-hybridized carbons (Fsp3) is 0.417. The van der Waals surface area contributed by atoms with E-state index in [2.05, 4.69) is 4.99 Å². The first-order valence-corrected chi connectivity index (χ1v) is 13.6. The van der Waals surface area contributed by atoms with Crippen LogP contribution >= 0.6 is 11.3 Å². The average Bonchev–Trinajstić information content (AvgIpc) is 3.25. The summed E-state index contributed by atoms with van der Waals surface area (Å²) in [5, 5.41) is 0. The highest BCUT2D eigenvalue weighted by molar-refractivity contribution is 7.89. The summed E-state index contributed by atoms with van der Waals surface area (Å²) in [6.45, 7) is 1.24. The van der Waals surface area contributed by atoms with Crippen molar-refractivity contribution in [3.8, 4) is 11.5 Å². The lowest BCUT2D eigenvalue weighted by Crippen LogP contribution is -2.40. The fourth-order valence-corrected chi connectivity index (χ4v) is 6.85. The molecule has 36 heavy (non-hydrogen) atoms. The Morgan fingerprint density at radius 3 is 2.31 bits per heavy atom. The van der Waals surface area contributed by atoms with Crippen LogP contribution in [0.1, 0.15) is 12.8 Å². The number of carbonyl (C=O) groups excluding carboxylic acids is 1. The van der Waals surface area contributed by atoms with Gasteiger partial charge in [-0.25, -0.2) is 12.8 Å². The molecule has 2 aromatic carbocycles. The minimum atomic E-state index is -3.76. The van der Waals surface area contributed by atoms with Crippen molar-refractivity contribution in [3.05, 3.63) is 47.0 Å². The summed E-state index contributed by atoms with van der Waals surface area (Å²) in [6.07, 6.45) is 0.691. The molecule has 194 valence electrons. The molecule has 1 amide bonds. The zero-order valence-electron chi connectivity index (χ0n) is 20.3. The molecule has 12 heteroatoms. The number of nitrogens with zero attached hydrogens (tertiary/aromatic N) is 3. The van der Waals surface area contributed by atoms with Gasteiger partial charge in [-0.1, -0.05) is 11.3 Å². The lowest BCUT2D eigenvalue weighted by molar-refractivity contribution is -0.122. The number of piperidine rings is 1. The van der Waals surface area contributed by atoms with E-state index in [1.54, 1.807) is 33.5 Å². The number of hydrogen-bond donors (Lipinski definition) is 0. The summed E-state index contributed by atoms with van der Waals surface area (Å²) < 4.78 is 59.3. The van der Waals surface area contributed by atoms with Gasteiger partial charge in [-0.2, -0.15) is 9.30 Å². The Morgan fingerprint density at radius 2 is 1.69 bits per heavy atom. The number of ether oxygens (including phenoxy) is 3. The Labute approximate surface area is 212 Å². The van der Waals surface area contributed by atoms with Crippen LogP contribution in [-0.4, -0.2) is 64.2 Å². The number of thiazole rings is 1. The van der Waals surface area contributed by atoms with E-state index >= 15 is 0 Å². The van der Waals surface area contributed by atoms with Crippen molar-refractivity contribution in [1.82, 2.24) is 8.87 Å². The molecule has 3 aromatic rings. The molecule has 9 nitrogen and oxygen atoms in total. The quantitative estimate of drug-likeness (QED) is 0.438. The van der Waals surface area contributed by atoms with E-state index in [-0.39, 0.29) is 23.9 Å². The van der Waals surface area contributed by atoms with Crippen LogP contribution in [0, 0.1) is 11.7 Å². The number of rotatable bonds is 8. The predicted molar refractivity (Wildman–Crippen MR) is 133 cm³/mol. The van der Waals surface area contributed by atoms with Crippen LogP contribution in [0.2, 0.25) is 0 Å². The standard InChI is InChI=1S/C24H28FN3O6S2/c1-32-15-14-28-21-19(33-2)8-9-20(34-3)22(21)35-24(28)26-23(29)16-10-12-27(13-11-16)36(30,31)18-6-4-17(25)5-7-18/h4-9,16H,10-15H2,1-3H3. The van der Waals surface area contributed by atoms with E-state index in [0.29, 0.717) is 42.3 Å². The molecule has 0 atom stereocenters. The van der Waals surface area contributed by atoms with Crippen molar-refractivity contribution in [2.45, 2.75) is 24.3 Å². The van der Waals surface area contributed by atoms with Crippen molar-refractivity contribution in [1.29, 1.82) is 0 Å². The third kappa shape index (κ3) is 5.17. The van der Waals surface area contributed by atoms with Crippen molar-refractivity contribution in [2.24, 2.45) is 10.9 Å². The molecule has 0 unspecified atom stereocenters. The zero-order valence-corrected chi connectivity index (χ0v) is 21.9. The summed E-state index contributed by atoms with van der Waals surface area (Å²) in [5.41, 5.74) is 0.769. The van der Waals surface area contributed by atoms with Crippen LogP contribution in [0.4, 0.5) is 4.39 Å². The minimum absolute atomic E-state index is 0.0331. The molecule has 0 saturated carbocycles. The molecular formula is C24H28FN3O6S2. The van der Waals surface area contributed by atoms with Gasteiger partial charge in [0.1, 0.15) is 27.5 Å². The van der Waals surface area contributed by atoms with Crippen LogP contribution < -0.4 is 14.3 Å². The van der Waals surface area contributed by atoms with E-state index < -0.39 is 21.8 Å². The monoisotopic (exact) mass is 537 g/mol. The largest absolute Gasteiger partial charge is 0.495 e. The number of fused-ring (bicyclic) bond motifs is 1. The maximum atomic E-state index is 13.2. The first-order chi connectivity index (χ1) is 17.3. The van der Waals surface area contributed by atoms with Gasteiger partial charge in [-0.05, 0) is 49.2 Å². The number of sulfonamides is 1. The minimum Gasteiger partial charge on any atom is -0.495 e. The Hall–Kier alpha value is -2.80. The number of benzene rings is 2. The third-order valence-corrected chi connectivity index (χ3v) is 9.18. The predicted octanol–water partition coefficient (Wildman–Crippen LogP) is 3.03. The number of halogens is 1. The smallest absolute Gasteiger partial charge is 0.251 e. The number of amides is 1. The van der Waals surface area contributed by atoms with Gasteiger partial charge in [0.2, 0.25) is 10.0 Å². The van der Waals surface area contributed by atoms with Crippen LogP contribution in [0.5, 0.6) is 11.5 Å². The van der Waals surface area contributed by atoms with Crippen LogP contribution in [0.15, 0.2) is 46.3 Å². The Bertz CT molecular complexity index is 1410. The van der Waals surface area contributed by atoms with Gasteiger partial charge >= 0.3 is 0 Å². The van der Waals surface area contributed by atoms with E-state index in [4.69, 9.17) is 14.2 Å². The molecule has 1 aliphatic heterocycles. The molecule has 1 aromatic heterocycles. The third-order valence-electron chi connectivity index (χ3n) is 6.17. The second-order valence-corrected chi connectivity index (χ2v) is 11.2. The van der Waals surface area contributed by atoms with Gasteiger partial charge in [0.05, 0.1) is 25.7 Å². The second kappa shape index (κ2) is 11.1. The Morgan fingerprint density at radius 1 is 1.06 bits per heavy atom. The highest BCUT2D eigenvalue weighted by atomic mass is 32.2. The molecular weight excluding hydrogens is 509 g/mol. The van der Waals surface area contributed by atoms with Crippen molar-refractivity contribution >= 4 is 37.5 Å². The van der Waals surface area contributed by atoms with Crippen molar-refractivity contribution in [2.75, 3.05) is 41.0 Å². The SMILES string of the molecule is COCCn1c(=NC(=O)C2CCN(S(=O)(=O)c3ccc(F)cc3)CC2)sc2c(OC)ccc(OC)c21. The zero-order chi connectivity index (χ0) is 25.9. The summed E-state index contributed by atoms with van der Waals surface area (Å²) >= 11 is 1.33. The summed E-state index contributed by atoms with van der Waals surface area (Å²) in [6, 6.07) is 8.35. The van der Waals surface area contributed by atoms with Crippen LogP contribution in [0.25, 0.3) is 10.2 Å². The van der Waals surface area contributed by atoms with Crippen LogP contribution in [-0.2, 0) is 26.1 Å². The topological polar surface area (TPSA) is 99.4 Å². The van der Waals surface area contributed by atoms with Gasteiger partial charge in [0.15, 0.2) is 4.80 Å². The molecule has 1 aliphatic rings. The van der Waals surface area contributed by atoms with Gasteiger partial charge in [-0.15, -0.1) is 0 Å². The van der Waals surface area contributed by atoms with Gasteiger partial charge in [-0.3, -0.25) is 4.79 Å². The maximum absolute atomic E-state index is 13.2. The Kier molecular flexibility index (Phi) is 8.08. The maximum Gasteiger partial charge on any atom is 0.251 e. The molecule has 0 N–H and O–H groups in total. The van der Waals surface area contributed by atoms with Gasteiger partial charge in [0, 0.05) is 32.7 Å². The van der Waals surface area contributed by atoms with Crippen molar-refractivity contribution in [3.63, 3.8) is 0 Å². The molecule has 4 rings (SSSR count). The fourth-order valence-electron chi connectivity index (χ4n) is 4.21.